The van der Waals surface area contributed by atoms with Gasteiger partial charge in [-0.3, -0.25) is 0 Å². The molecule has 0 unspecified atom stereocenters. The quantitative estimate of drug-likeness (QED) is 0.281. The van der Waals surface area contributed by atoms with Crippen molar-refractivity contribution in [1.82, 2.24) is 6.15 Å². The highest BCUT2D eigenvalue weighted by Gasteiger charge is 2.08. The van der Waals surface area contributed by atoms with Crippen molar-refractivity contribution in [3.63, 3.8) is 0 Å². The van der Waals surface area contributed by atoms with E-state index in [2.05, 4.69) is 50.2 Å². The molecular formula is C28H47N. The molecule has 0 saturated heterocycles. The first-order valence-corrected chi connectivity index (χ1v) is 12.4. The minimum absolute atomic E-state index is 0. The van der Waals surface area contributed by atoms with Crippen molar-refractivity contribution in [2.24, 2.45) is 0 Å². The van der Waals surface area contributed by atoms with E-state index in [0.29, 0.717) is 0 Å². The third kappa shape index (κ3) is 9.81. The predicted octanol–water partition coefficient (Wildman–Crippen LogP) is 9.59. The van der Waals surface area contributed by atoms with Gasteiger partial charge in [-0.05, 0) is 47.6 Å². The van der Waals surface area contributed by atoms with Gasteiger partial charge in [0.2, 0.25) is 0 Å². The molecule has 0 spiro atoms. The van der Waals surface area contributed by atoms with Crippen LogP contribution in [0.1, 0.15) is 115 Å². The van der Waals surface area contributed by atoms with Gasteiger partial charge in [-0.2, -0.15) is 0 Å². The van der Waals surface area contributed by atoms with E-state index < -0.39 is 0 Å². The molecule has 0 aliphatic heterocycles. The number of hydrogen-bond acceptors (Lipinski definition) is 1. The van der Waals surface area contributed by atoms with Crippen LogP contribution in [0.15, 0.2) is 36.4 Å². The van der Waals surface area contributed by atoms with E-state index >= 15 is 0 Å². The van der Waals surface area contributed by atoms with Gasteiger partial charge in [0.1, 0.15) is 0 Å². The summed E-state index contributed by atoms with van der Waals surface area (Å²) in [5, 5.41) is 2.93. The summed E-state index contributed by atoms with van der Waals surface area (Å²) in [4.78, 5) is 0. The zero-order valence-electron chi connectivity index (χ0n) is 19.5. The number of fused-ring (bicyclic) bond motifs is 1. The smallest absolute Gasteiger partial charge is 0.0149 e. The second-order valence-corrected chi connectivity index (χ2v) is 8.67. The molecule has 2 aromatic rings. The Labute approximate surface area is 181 Å². The van der Waals surface area contributed by atoms with Crippen molar-refractivity contribution in [1.29, 1.82) is 0 Å². The summed E-state index contributed by atoms with van der Waals surface area (Å²) in [5.41, 5.74) is 3.27. The summed E-state index contributed by atoms with van der Waals surface area (Å²) >= 11 is 0. The van der Waals surface area contributed by atoms with Crippen LogP contribution >= 0.6 is 0 Å². The maximum atomic E-state index is 2.43. The Hall–Kier alpha value is -1.34. The highest BCUT2D eigenvalue weighted by Crippen LogP contribution is 2.26. The van der Waals surface area contributed by atoms with Gasteiger partial charge in [0, 0.05) is 0 Å². The molecule has 2 aromatic carbocycles. The topological polar surface area (TPSA) is 35.0 Å². The zero-order chi connectivity index (χ0) is 19.9. The van der Waals surface area contributed by atoms with Crippen molar-refractivity contribution in [3.05, 3.63) is 47.5 Å². The Bertz CT molecular complexity index is 646. The molecule has 1 heteroatoms. The molecule has 0 aromatic heterocycles. The van der Waals surface area contributed by atoms with Crippen LogP contribution in [0.4, 0.5) is 0 Å². The first-order valence-electron chi connectivity index (χ1n) is 12.4. The monoisotopic (exact) mass is 397 g/mol. The van der Waals surface area contributed by atoms with E-state index in [-0.39, 0.29) is 6.15 Å². The largest absolute Gasteiger partial charge is 0.344 e. The second kappa shape index (κ2) is 16.5. The number of unbranched alkanes of at least 4 members (excludes halogenated alkanes) is 12. The molecule has 0 fully saturated rings. The van der Waals surface area contributed by atoms with Crippen LogP contribution in [0.25, 0.3) is 10.8 Å². The summed E-state index contributed by atoms with van der Waals surface area (Å²) in [6.45, 7) is 4.60. The molecule has 0 aliphatic rings. The van der Waals surface area contributed by atoms with Crippen LogP contribution in [-0.4, -0.2) is 0 Å². The molecule has 2 rings (SSSR count). The molecule has 164 valence electrons. The molecule has 0 aliphatic carbocycles. The van der Waals surface area contributed by atoms with Crippen LogP contribution < -0.4 is 6.15 Å². The Morgan fingerprint density at radius 1 is 0.517 bits per heavy atom. The average Bonchev–Trinajstić information content (AvgIpc) is 2.73. The molecule has 3 N–H and O–H groups in total. The second-order valence-electron chi connectivity index (χ2n) is 8.67. The Balaban J connectivity index is 0.00000420. The lowest BCUT2D eigenvalue weighted by atomic mass is 9.91. The number of aryl methyl sites for hydroxylation is 2. The molecule has 0 atom stereocenters. The molecule has 0 radical (unpaired) electrons. The van der Waals surface area contributed by atoms with Crippen LogP contribution in [0.3, 0.4) is 0 Å². The lowest BCUT2D eigenvalue weighted by Crippen LogP contribution is -1.97. The van der Waals surface area contributed by atoms with Crippen molar-refractivity contribution >= 4 is 10.8 Å². The summed E-state index contributed by atoms with van der Waals surface area (Å²) < 4.78 is 0. The van der Waals surface area contributed by atoms with Crippen LogP contribution in [-0.2, 0) is 12.8 Å². The molecular weight excluding hydrogens is 350 g/mol. The van der Waals surface area contributed by atoms with E-state index in [9.17, 15) is 0 Å². The lowest BCUT2D eigenvalue weighted by molar-refractivity contribution is 0.583. The minimum atomic E-state index is 0. The fourth-order valence-electron chi connectivity index (χ4n) is 4.44. The molecule has 0 saturated carbocycles. The van der Waals surface area contributed by atoms with Crippen LogP contribution in [0.2, 0.25) is 0 Å². The van der Waals surface area contributed by atoms with Gasteiger partial charge in [0.05, 0.1) is 0 Å². The van der Waals surface area contributed by atoms with Crippen molar-refractivity contribution in [3.8, 4) is 0 Å². The maximum Gasteiger partial charge on any atom is -0.0149 e. The van der Waals surface area contributed by atoms with Gasteiger partial charge >= 0.3 is 0 Å². The maximum absolute atomic E-state index is 2.43. The first kappa shape index (κ1) is 25.7. The van der Waals surface area contributed by atoms with Crippen molar-refractivity contribution in [2.45, 2.75) is 117 Å². The number of rotatable bonds is 16. The van der Waals surface area contributed by atoms with E-state index in [0.717, 1.165) is 0 Å². The van der Waals surface area contributed by atoms with Gasteiger partial charge in [0.25, 0.3) is 0 Å². The molecule has 29 heavy (non-hydrogen) atoms. The highest BCUT2D eigenvalue weighted by atomic mass is 14.1. The van der Waals surface area contributed by atoms with Crippen molar-refractivity contribution in [2.75, 3.05) is 0 Å². The Morgan fingerprint density at radius 2 is 1.03 bits per heavy atom. The average molecular weight is 398 g/mol. The van der Waals surface area contributed by atoms with Crippen LogP contribution in [0, 0.1) is 0 Å². The Kier molecular flexibility index (Phi) is 14.6. The fraction of sp³-hybridized carbons (Fsp3) is 0.643. The third-order valence-corrected chi connectivity index (χ3v) is 6.22. The van der Waals surface area contributed by atoms with E-state index in [1.54, 1.807) is 11.1 Å². The van der Waals surface area contributed by atoms with Gasteiger partial charge < -0.3 is 6.15 Å². The predicted molar refractivity (Wildman–Crippen MR) is 132 cm³/mol. The van der Waals surface area contributed by atoms with Crippen LogP contribution in [0.5, 0.6) is 0 Å². The van der Waals surface area contributed by atoms with Gasteiger partial charge in [-0.15, -0.1) is 0 Å². The first-order chi connectivity index (χ1) is 13.9. The molecule has 0 amide bonds. The normalized spacial score (nSPS) is 11.0. The molecule has 0 bridgehead atoms. The standard InChI is InChI=1S/C28H44.H3N/c1-3-5-7-9-11-13-15-19-25-23-24-26-20-17-18-22-28(26)27(25)21-16-14-12-10-8-6-4-2;/h17-18,20,22-24H,3-16,19,21H2,1-2H3;1H3. The number of benzene rings is 2. The van der Waals surface area contributed by atoms with Gasteiger partial charge in [-0.25, -0.2) is 0 Å². The third-order valence-electron chi connectivity index (χ3n) is 6.22. The lowest BCUT2D eigenvalue weighted by Gasteiger charge is -2.14. The minimum Gasteiger partial charge on any atom is -0.344 e. The zero-order valence-corrected chi connectivity index (χ0v) is 19.5. The Morgan fingerprint density at radius 3 is 1.66 bits per heavy atom. The van der Waals surface area contributed by atoms with E-state index in [1.165, 1.54) is 114 Å². The van der Waals surface area contributed by atoms with Gasteiger partial charge in [-0.1, -0.05) is 127 Å². The van der Waals surface area contributed by atoms with E-state index in [4.69, 9.17) is 0 Å². The summed E-state index contributed by atoms with van der Waals surface area (Å²) in [7, 11) is 0. The van der Waals surface area contributed by atoms with Gasteiger partial charge in [0.15, 0.2) is 0 Å². The number of hydrogen-bond donors (Lipinski definition) is 1. The fourth-order valence-corrected chi connectivity index (χ4v) is 4.44. The van der Waals surface area contributed by atoms with Crippen molar-refractivity contribution < 1.29 is 0 Å². The summed E-state index contributed by atoms with van der Waals surface area (Å²) in [6.07, 6.45) is 22.1. The summed E-state index contributed by atoms with van der Waals surface area (Å²) in [6, 6.07) is 13.8. The molecule has 1 nitrogen and oxygen atoms in total. The summed E-state index contributed by atoms with van der Waals surface area (Å²) in [5.74, 6) is 0. The SMILES string of the molecule is CCCCCCCCCc1ccc2ccccc2c1CCCCCCCCC.N. The highest BCUT2D eigenvalue weighted by molar-refractivity contribution is 5.86. The molecule has 0 heterocycles. The van der Waals surface area contributed by atoms with E-state index in [1.807, 2.05) is 0 Å².